The highest BCUT2D eigenvalue weighted by Crippen LogP contribution is 2.35. The fourth-order valence-electron chi connectivity index (χ4n) is 2.62. The van der Waals surface area contributed by atoms with Crippen molar-refractivity contribution in [2.24, 2.45) is 5.92 Å². The third-order valence-electron chi connectivity index (χ3n) is 3.44. The molecule has 1 aliphatic rings. The average molecular weight is 201 g/mol. The van der Waals surface area contributed by atoms with E-state index in [1.165, 1.54) is 19.3 Å². The van der Waals surface area contributed by atoms with E-state index in [4.69, 9.17) is 0 Å². The van der Waals surface area contributed by atoms with E-state index in [0.29, 0.717) is 6.04 Å². The highest BCUT2D eigenvalue weighted by Gasteiger charge is 2.23. The van der Waals surface area contributed by atoms with Crippen molar-refractivity contribution in [1.29, 1.82) is 0 Å². The van der Waals surface area contributed by atoms with Crippen molar-refractivity contribution < 1.29 is 0 Å². The second-order valence-corrected chi connectivity index (χ2v) is 4.60. The lowest BCUT2D eigenvalue weighted by molar-refractivity contribution is 0.504. The highest BCUT2D eigenvalue weighted by atomic mass is 15.1. The van der Waals surface area contributed by atoms with E-state index in [0.717, 1.165) is 17.0 Å². The van der Waals surface area contributed by atoms with Gasteiger partial charge in [0.05, 0.1) is 0 Å². The van der Waals surface area contributed by atoms with Gasteiger partial charge in [-0.15, -0.1) is 0 Å². The van der Waals surface area contributed by atoms with Gasteiger partial charge in [0, 0.05) is 23.8 Å². The van der Waals surface area contributed by atoms with E-state index in [1.807, 2.05) is 6.20 Å². The molecule has 1 aliphatic carbocycles. The van der Waals surface area contributed by atoms with Crippen LogP contribution in [0, 0.1) is 5.92 Å². The molecule has 0 saturated heterocycles. The molecule has 0 radical (unpaired) electrons. The topological polar surface area (TPSA) is 30.7 Å². The Morgan fingerprint density at radius 1 is 1.40 bits per heavy atom. The molecule has 0 aliphatic heterocycles. The van der Waals surface area contributed by atoms with Crippen LogP contribution in [0.5, 0.6) is 0 Å². The summed E-state index contributed by atoms with van der Waals surface area (Å²) in [5.41, 5.74) is 1.09. The van der Waals surface area contributed by atoms with Crippen LogP contribution in [-0.2, 0) is 0 Å². The zero-order valence-electron chi connectivity index (χ0n) is 8.93. The SMILES string of the molecule is CC1CCC(n2ccc3cncnc32)C1. The molecule has 0 N–H and O–H groups in total. The third-order valence-corrected chi connectivity index (χ3v) is 3.44. The molecular formula is C12H15N3. The predicted octanol–water partition coefficient (Wildman–Crippen LogP) is 2.79. The Balaban J connectivity index is 2.04. The second kappa shape index (κ2) is 3.33. The molecule has 1 saturated carbocycles. The molecule has 78 valence electrons. The molecule has 2 atom stereocenters. The largest absolute Gasteiger partial charge is 0.329 e. The van der Waals surface area contributed by atoms with Gasteiger partial charge >= 0.3 is 0 Å². The Labute approximate surface area is 89.2 Å². The summed E-state index contributed by atoms with van der Waals surface area (Å²) in [4.78, 5) is 8.41. The summed E-state index contributed by atoms with van der Waals surface area (Å²) in [6.45, 7) is 2.33. The Kier molecular flexibility index (Phi) is 1.97. The summed E-state index contributed by atoms with van der Waals surface area (Å²) in [5, 5.41) is 1.15. The van der Waals surface area contributed by atoms with Crippen molar-refractivity contribution in [2.75, 3.05) is 0 Å². The maximum Gasteiger partial charge on any atom is 0.143 e. The van der Waals surface area contributed by atoms with Gasteiger partial charge in [-0.1, -0.05) is 6.92 Å². The van der Waals surface area contributed by atoms with E-state index in [1.54, 1.807) is 6.33 Å². The maximum atomic E-state index is 4.36. The molecule has 1 fully saturated rings. The van der Waals surface area contributed by atoms with Crippen LogP contribution in [0.15, 0.2) is 24.8 Å². The number of rotatable bonds is 1. The van der Waals surface area contributed by atoms with Gasteiger partial charge in [-0.2, -0.15) is 0 Å². The quantitative estimate of drug-likeness (QED) is 0.710. The third kappa shape index (κ3) is 1.42. The van der Waals surface area contributed by atoms with Crippen molar-refractivity contribution in [3.05, 3.63) is 24.8 Å². The van der Waals surface area contributed by atoms with Crippen LogP contribution in [-0.4, -0.2) is 14.5 Å². The first kappa shape index (κ1) is 8.89. The first-order valence-electron chi connectivity index (χ1n) is 5.61. The Morgan fingerprint density at radius 3 is 3.13 bits per heavy atom. The summed E-state index contributed by atoms with van der Waals surface area (Å²) in [6, 6.07) is 2.76. The number of hydrogen-bond acceptors (Lipinski definition) is 2. The summed E-state index contributed by atoms with van der Waals surface area (Å²) in [6.07, 6.45) is 9.59. The van der Waals surface area contributed by atoms with E-state index >= 15 is 0 Å². The van der Waals surface area contributed by atoms with Crippen molar-refractivity contribution in [2.45, 2.75) is 32.2 Å². The zero-order valence-corrected chi connectivity index (χ0v) is 8.93. The first-order valence-corrected chi connectivity index (χ1v) is 5.61. The molecule has 0 bridgehead atoms. The van der Waals surface area contributed by atoms with Gasteiger partial charge in [0.1, 0.15) is 12.0 Å². The first-order chi connectivity index (χ1) is 7.34. The van der Waals surface area contributed by atoms with Gasteiger partial charge in [0.25, 0.3) is 0 Å². The van der Waals surface area contributed by atoms with E-state index in [2.05, 4.69) is 33.7 Å². The minimum Gasteiger partial charge on any atom is -0.329 e. The molecule has 2 aromatic heterocycles. The van der Waals surface area contributed by atoms with Crippen molar-refractivity contribution >= 4 is 11.0 Å². The van der Waals surface area contributed by atoms with Gasteiger partial charge < -0.3 is 4.57 Å². The van der Waals surface area contributed by atoms with E-state index in [-0.39, 0.29) is 0 Å². The molecule has 15 heavy (non-hydrogen) atoms. The van der Waals surface area contributed by atoms with Crippen LogP contribution in [0.3, 0.4) is 0 Å². The summed E-state index contributed by atoms with van der Waals surface area (Å²) < 4.78 is 2.32. The number of hydrogen-bond donors (Lipinski definition) is 0. The summed E-state index contributed by atoms with van der Waals surface area (Å²) in [5.74, 6) is 0.856. The normalized spacial score (nSPS) is 26.2. The molecule has 2 heterocycles. The fourth-order valence-corrected chi connectivity index (χ4v) is 2.62. The minimum absolute atomic E-state index is 0.646. The molecule has 3 heteroatoms. The van der Waals surface area contributed by atoms with Crippen molar-refractivity contribution in [3.8, 4) is 0 Å². The van der Waals surface area contributed by atoms with Gasteiger partial charge in [-0.05, 0) is 31.2 Å². The van der Waals surface area contributed by atoms with Gasteiger partial charge in [0.15, 0.2) is 0 Å². The van der Waals surface area contributed by atoms with Gasteiger partial charge in [0.2, 0.25) is 0 Å². The Bertz CT molecular complexity index is 474. The lowest BCUT2D eigenvalue weighted by atomic mass is 10.1. The molecule has 2 unspecified atom stereocenters. The average Bonchev–Trinajstić information content (AvgIpc) is 2.83. The second-order valence-electron chi connectivity index (χ2n) is 4.60. The number of aromatic nitrogens is 3. The standard InChI is InChI=1S/C12H15N3/c1-9-2-3-11(6-9)15-5-4-10-7-13-8-14-12(10)15/h4-5,7-9,11H,2-3,6H2,1H3. The van der Waals surface area contributed by atoms with Crippen LogP contribution in [0.2, 0.25) is 0 Å². The maximum absolute atomic E-state index is 4.36. The van der Waals surface area contributed by atoms with Crippen LogP contribution < -0.4 is 0 Å². The van der Waals surface area contributed by atoms with Gasteiger partial charge in [-0.3, -0.25) is 0 Å². The molecule has 0 aromatic carbocycles. The van der Waals surface area contributed by atoms with Crippen LogP contribution >= 0.6 is 0 Å². The Morgan fingerprint density at radius 2 is 2.33 bits per heavy atom. The highest BCUT2D eigenvalue weighted by molar-refractivity contribution is 5.74. The van der Waals surface area contributed by atoms with E-state index in [9.17, 15) is 0 Å². The molecule has 3 rings (SSSR count). The molecule has 0 spiro atoms. The number of fused-ring (bicyclic) bond motifs is 1. The molecule has 0 amide bonds. The van der Waals surface area contributed by atoms with E-state index < -0.39 is 0 Å². The summed E-state index contributed by atoms with van der Waals surface area (Å²) in [7, 11) is 0. The lowest BCUT2D eigenvalue weighted by Crippen LogP contribution is -2.04. The minimum atomic E-state index is 0.646. The summed E-state index contributed by atoms with van der Waals surface area (Å²) >= 11 is 0. The monoisotopic (exact) mass is 201 g/mol. The van der Waals surface area contributed by atoms with Crippen LogP contribution in [0.1, 0.15) is 32.2 Å². The van der Waals surface area contributed by atoms with Crippen LogP contribution in [0.4, 0.5) is 0 Å². The zero-order chi connectivity index (χ0) is 10.3. The van der Waals surface area contributed by atoms with Crippen LogP contribution in [0.25, 0.3) is 11.0 Å². The van der Waals surface area contributed by atoms with Crippen molar-refractivity contribution in [3.63, 3.8) is 0 Å². The predicted molar refractivity (Wildman–Crippen MR) is 59.6 cm³/mol. The fraction of sp³-hybridized carbons (Fsp3) is 0.500. The lowest BCUT2D eigenvalue weighted by Gasteiger charge is -2.12. The molecule has 3 nitrogen and oxygen atoms in total. The Hall–Kier alpha value is -1.38. The number of nitrogens with zero attached hydrogens (tertiary/aromatic N) is 3. The van der Waals surface area contributed by atoms with Gasteiger partial charge in [-0.25, -0.2) is 9.97 Å². The smallest absolute Gasteiger partial charge is 0.143 e. The molecule has 2 aromatic rings. The molecular weight excluding hydrogens is 186 g/mol. The van der Waals surface area contributed by atoms with Crippen molar-refractivity contribution in [1.82, 2.24) is 14.5 Å².